The highest BCUT2D eigenvalue weighted by Gasteiger charge is 2.66. The Morgan fingerprint density at radius 1 is 1.13 bits per heavy atom. The monoisotopic (exact) mass is 434 g/mol. The number of carbonyl (C=O) groups excluding carboxylic acids is 3. The molecular weight excluding hydrogens is 400 g/mol. The maximum absolute atomic E-state index is 12.4. The topological polar surface area (TPSA) is 94.2 Å². The highest BCUT2D eigenvalue weighted by Crippen LogP contribution is 2.63. The van der Waals surface area contributed by atoms with Crippen LogP contribution in [0.5, 0.6) is 0 Å². The molecule has 1 atom stereocenters. The van der Waals surface area contributed by atoms with Gasteiger partial charge in [-0.05, 0) is 56.8 Å². The van der Waals surface area contributed by atoms with Crippen molar-refractivity contribution >= 4 is 18.1 Å². The van der Waals surface area contributed by atoms with E-state index in [4.69, 9.17) is 14.5 Å². The van der Waals surface area contributed by atoms with E-state index in [2.05, 4.69) is 5.32 Å². The molecule has 1 unspecified atom stereocenters. The van der Waals surface area contributed by atoms with E-state index in [0.29, 0.717) is 31.3 Å². The fourth-order valence-corrected chi connectivity index (χ4v) is 6.84. The van der Waals surface area contributed by atoms with Crippen molar-refractivity contribution < 1.29 is 28.9 Å². The minimum absolute atomic E-state index is 0.0609. The van der Waals surface area contributed by atoms with Gasteiger partial charge in [0.15, 0.2) is 0 Å². The van der Waals surface area contributed by atoms with E-state index in [1.807, 2.05) is 4.90 Å². The van der Waals surface area contributed by atoms with Gasteiger partial charge in [0.2, 0.25) is 23.4 Å². The number of amides is 2. The van der Waals surface area contributed by atoms with E-state index in [1.165, 1.54) is 6.42 Å². The van der Waals surface area contributed by atoms with Crippen LogP contribution in [0, 0.1) is 23.7 Å². The molecule has 2 heterocycles. The lowest BCUT2D eigenvalue weighted by Gasteiger charge is -2.57. The van der Waals surface area contributed by atoms with Crippen molar-refractivity contribution in [1.82, 2.24) is 10.2 Å². The second kappa shape index (κ2) is 8.45. The zero-order chi connectivity index (χ0) is 21.5. The third-order valence-corrected chi connectivity index (χ3v) is 8.17. The lowest BCUT2D eigenvalue weighted by atomic mass is 9.53. The summed E-state index contributed by atoms with van der Waals surface area (Å²) in [6.07, 6.45) is 9.40. The van der Waals surface area contributed by atoms with Crippen LogP contribution in [0.4, 0.5) is 0 Å². The molecule has 0 aromatic rings. The average Bonchev–Trinajstić information content (AvgIpc) is 3.33. The van der Waals surface area contributed by atoms with Crippen molar-refractivity contribution in [2.45, 2.75) is 82.2 Å². The van der Waals surface area contributed by atoms with Crippen LogP contribution < -0.4 is 5.32 Å². The van der Waals surface area contributed by atoms with E-state index in [0.717, 1.165) is 63.2 Å². The SMILES string of the molecule is O=CCC1(CCC(=O)NCCCN2CCCC2=O)OOC2(O1)C1CC3CC(C1)CC2C3. The van der Waals surface area contributed by atoms with Gasteiger partial charge in [0, 0.05) is 50.7 Å². The van der Waals surface area contributed by atoms with Gasteiger partial charge in [-0.3, -0.25) is 9.59 Å². The van der Waals surface area contributed by atoms with Gasteiger partial charge in [-0.2, -0.15) is 9.78 Å². The molecule has 1 N–H and O–H groups in total. The van der Waals surface area contributed by atoms with Crippen LogP contribution in [-0.4, -0.2) is 54.2 Å². The average molecular weight is 435 g/mol. The van der Waals surface area contributed by atoms with Gasteiger partial charge >= 0.3 is 0 Å². The van der Waals surface area contributed by atoms with E-state index in [-0.39, 0.29) is 31.1 Å². The Labute approximate surface area is 183 Å². The Kier molecular flexibility index (Phi) is 5.81. The smallest absolute Gasteiger partial charge is 0.222 e. The fourth-order valence-electron chi connectivity index (χ4n) is 6.84. The Hall–Kier alpha value is -1.51. The largest absolute Gasteiger partial charge is 0.356 e. The number of hydrogen-bond acceptors (Lipinski definition) is 6. The van der Waals surface area contributed by atoms with Gasteiger partial charge in [-0.25, -0.2) is 0 Å². The Bertz CT molecular complexity index is 699. The summed E-state index contributed by atoms with van der Waals surface area (Å²) in [6, 6.07) is 0. The number of hydrogen-bond donors (Lipinski definition) is 1. The van der Waals surface area contributed by atoms with Gasteiger partial charge in [-0.15, -0.1) is 0 Å². The number of aldehydes is 1. The molecular formula is C23H34N2O6. The van der Waals surface area contributed by atoms with Crippen LogP contribution in [0.25, 0.3) is 0 Å². The summed E-state index contributed by atoms with van der Waals surface area (Å²) >= 11 is 0. The van der Waals surface area contributed by atoms with Crippen molar-refractivity contribution in [2.24, 2.45) is 23.7 Å². The Morgan fingerprint density at radius 3 is 2.52 bits per heavy atom. The second-order valence-corrected chi connectivity index (χ2v) is 10.3. The maximum Gasteiger partial charge on any atom is 0.222 e. The maximum atomic E-state index is 12.4. The molecule has 6 aliphatic rings. The lowest BCUT2D eigenvalue weighted by Crippen LogP contribution is -2.59. The molecule has 4 bridgehead atoms. The zero-order valence-electron chi connectivity index (χ0n) is 18.2. The summed E-state index contributed by atoms with van der Waals surface area (Å²) in [6.45, 7) is 2.03. The molecule has 1 spiro atoms. The van der Waals surface area contributed by atoms with Crippen molar-refractivity contribution in [3.63, 3.8) is 0 Å². The number of nitrogens with one attached hydrogen (secondary N) is 1. The first-order valence-electron chi connectivity index (χ1n) is 12.1. The standard InChI is InChI=1S/C23H34N2O6/c26-10-6-22(5-4-20(27)24-7-2-9-25-8-1-3-21(25)28)29-23(31-30-22)18-12-16-11-17(14-18)15-19(23)13-16/h10,16-19H,1-9,11-15H2,(H,24,27). The molecule has 172 valence electrons. The Balaban J connectivity index is 1.12. The lowest BCUT2D eigenvalue weighted by molar-refractivity contribution is -0.388. The van der Waals surface area contributed by atoms with E-state index < -0.39 is 11.6 Å². The first kappa shape index (κ1) is 21.3. The quantitative estimate of drug-likeness (QED) is 0.340. The van der Waals surface area contributed by atoms with Crippen LogP contribution in [0.1, 0.15) is 70.6 Å². The predicted octanol–water partition coefficient (Wildman–Crippen LogP) is 2.31. The number of ether oxygens (including phenoxy) is 1. The molecule has 4 aliphatic carbocycles. The molecule has 31 heavy (non-hydrogen) atoms. The van der Waals surface area contributed by atoms with Crippen LogP contribution in [0.15, 0.2) is 0 Å². The van der Waals surface area contributed by atoms with Crippen LogP contribution >= 0.6 is 0 Å². The van der Waals surface area contributed by atoms with Gasteiger partial charge in [0.05, 0.1) is 6.42 Å². The Morgan fingerprint density at radius 2 is 1.87 bits per heavy atom. The molecule has 2 amide bonds. The number of nitrogens with zero attached hydrogens (tertiary/aromatic N) is 1. The minimum atomic E-state index is -1.17. The highest BCUT2D eigenvalue weighted by atomic mass is 17.3. The molecule has 8 nitrogen and oxygen atoms in total. The molecule has 0 radical (unpaired) electrons. The summed E-state index contributed by atoms with van der Waals surface area (Å²) in [5.41, 5.74) is 0. The summed E-state index contributed by atoms with van der Waals surface area (Å²) in [5, 5.41) is 2.91. The molecule has 2 saturated heterocycles. The fraction of sp³-hybridized carbons (Fsp3) is 0.870. The van der Waals surface area contributed by atoms with Crippen LogP contribution in [0.3, 0.4) is 0 Å². The summed E-state index contributed by atoms with van der Waals surface area (Å²) < 4.78 is 6.51. The van der Waals surface area contributed by atoms with Gasteiger partial charge in [0.1, 0.15) is 6.29 Å². The molecule has 0 aromatic heterocycles. The second-order valence-electron chi connectivity index (χ2n) is 10.3. The molecule has 2 aliphatic heterocycles. The first-order valence-corrected chi connectivity index (χ1v) is 12.1. The third kappa shape index (κ3) is 4.02. The third-order valence-electron chi connectivity index (χ3n) is 8.17. The number of rotatable bonds is 9. The zero-order valence-corrected chi connectivity index (χ0v) is 18.2. The van der Waals surface area contributed by atoms with Crippen LogP contribution in [0.2, 0.25) is 0 Å². The predicted molar refractivity (Wildman–Crippen MR) is 109 cm³/mol. The van der Waals surface area contributed by atoms with Crippen molar-refractivity contribution in [3.05, 3.63) is 0 Å². The number of likely N-dealkylation sites (tertiary alicyclic amines) is 1. The summed E-state index contributed by atoms with van der Waals surface area (Å²) in [5.74, 6) is 0.364. The summed E-state index contributed by atoms with van der Waals surface area (Å²) in [4.78, 5) is 49.0. The molecule has 6 rings (SSSR count). The normalized spacial score (nSPS) is 40.8. The minimum Gasteiger partial charge on any atom is -0.356 e. The molecule has 8 heteroatoms. The van der Waals surface area contributed by atoms with Crippen molar-refractivity contribution in [2.75, 3.05) is 19.6 Å². The van der Waals surface area contributed by atoms with Gasteiger partial charge < -0.3 is 19.7 Å². The van der Waals surface area contributed by atoms with E-state index in [1.54, 1.807) is 0 Å². The molecule has 6 fully saturated rings. The number of carbonyl (C=O) groups is 3. The van der Waals surface area contributed by atoms with Crippen molar-refractivity contribution in [3.8, 4) is 0 Å². The van der Waals surface area contributed by atoms with E-state index in [9.17, 15) is 14.4 Å². The van der Waals surface area contributed by atoms with E-state index >= 15 is 0 Å². The van der Waals surface area contributed by atoms with Gasteiger partial charge in [0.25, 0.3) is 0 Å². The van der Waals surface area contributed by atoms with Crippen molar-refractivity contribution in [1.29, 1.82) is 0 Å². The first-order chi connectivity index (χ1) is 15.0. The summed E-state index contributed by atoms with van der Waals surface area (Å²) in [7, 11) is 0. The highest BCUT2D eigenvalue weighted by molar-refractivity contribution is 5.78. The molecule has 0 aromatic carbocycles. The van der Waals surface area contributed by atoms with Gasteiger partial charge in [-0.1, -0.05) is 0 Å². The molecule has 4 saturated carbocycles. The van der Waals surface area contributed by atoms with Crippen LogP contribution in [-0.2, 0) is 28.9 Å².